The Morgan fingerprint density at radius 2 is 2.15 bits per heavy atom. The lowest BCUT2D eigenvalue weighted by atomic mass is 10.1. The number of benzene rings is 1. The summed E-state index contributed by atoms with van der Waals surface area (Å²) in [7, 11) is -1.06. The molecule has 0 spiro atoms. The molecular formula is C14H16N2O3S. The zero-order valence-corrected chi connectivity index (χ0v) is 12.0. The number of aromatic nitrogens is 1. The van der Waals surface area contributed by atoms with Crippen molar-refractivity contribution in [3.63, 3.8) is 0 Å². The number of fused-ring (bicyclic) bond motifs is 1. The third-order valence-corrected chi connectivity index (χ3v) is 5.51. The summed E-state index contributed by atoms with van der Waals surface area (Å²) in [6.45, 7) is 0. The van der Waals surface area contributed by atoms with E-state index < -0.39 is 9.84 Å². The highest BCUT2D eigenvalue weighted by molar-refractivity contribution is 7.91. The summed E-state index contributed by atoms with van der Waals surface area (Å²) in [6.07, 6.45) is 2.40. The van der Waals surface area contributed by atoms with E-state index in [4.69, 9.17) is 0 Å². The maximum Gasteiger partial charge on any atom is 0.252 e. The summed E-state index contributed by atoms with van der Waals surface area (Å²) in [6, 6.07) is 7.18. The predicted molar refractivity (Wildman–Crippen MR) is 77.4 cm³/mol. The van der Waals surface area contributed by atoms with Crippen molar-refractivity contribution >= 4 is 26.6 Å². The molecule has 0 saturated carbocycles. The van der Waals surface area contributed by atoms with Crippen LogP contribution in [0, 0.1) is 0 Å². The van der Waals surface area contributed by atoms with Crippen LogP contribution in [0.3, 0.4) is 0 Å². The van der Waals surface area contributed by atoms with Crippen molar-refractivity contribution in [3.05, 3.63) is 36.0 Å². The second kappa shape index (κ2) is 4.63. The first-order chi connectivity index (χ1) is 9.46. The molecular weight excluding hydrogens is 276 g/mol. The molecule has 0 radical (unpaired) electrons. The molecule has 0 aliphatic carbocycles. The Kier molecular flexibility index (Phi) is 3.05. The minimum Gasteiger partial charge on any atom is -0.351 e. The maximum atomic E-state index is 12.3. The van der Waals surface area contributed by atoms with E-state index in [2.05, 4.69) is 5.32 Å². The van der Waals surface area contributed by atoms with Crippen molar-refractivity contribution in [3.8, 4) is 0 Å². The molecule has 1 aliphatic heterocycles. The number of rotatable bonds is 2. The van der Waals surface area contributed by atoms with E-state index in [0.29, 0.717) is 12.0 Å². The van der Waals surface area contributed by atoms with Gasteiger partial charge < -0.3 is 9.88 Å². The van der Waals surface area contributed by atoms with Crippen LogP contribution < -0.4 is 5.32 Å². The summed E-state index contributed by atoms with van der Waals surface area (Å²) in [5.74, 6) is 0.000625. The molecule has 2 heterocycles. The van der Waals surface area contributed by atoms with Crippen molar-refractivity contribution in [2.24, 2.45) is 7.05 Å². The molecule has 20 heavy (non-hydrogen) atoms. The van der Waals surface area contributed by atoms with Gasteiger partial charge in [-0.15, -0.1) is 0 Å². The van der Waals surface area contributed by atoms with Gasteiger partial charge in [-0.05, 0) is 24.6 Å². The van der Waals surface area contributed by atoms with Gasteiger partial charge in [-0.2, -0.15) is 0 Å². The van der Waals surface area contributed by atoms with E-state index in [1.165, 1.54) is 0 Å². The van der Waals surface area contributed by atoms with Crippen LogP contribution in [0.1, 0.15) is 16.8 Å². The van der Waals surface area contributed by atoms with Crippen LogP contribution in [-0.2, 0) is 16.9 Å². The topological polar surface area (TPSA) is 68.2 Å². The minimum atomic E-state index is -2.98. The fourth-order valence-corrected chi connectivity index (χ4v) is 4.35. The zero-order valence-electron chi connectivity index (χ0n) is 11.2. The molecule has 1 fully saturated rings. The summed E-state index contributed by atoms with van der Waals surface area (Å²) in [5, 5.41) is 3.71. The number of nitrogens with zero attached hydrogens (tertiary/aromatic N) is 1. The smallest absolute Gasteiger partial charge is 0.252 e. The molecule has 3 rings (SSSR count). The summed E-state index contributed by atoms with van der Waals surface area (Å²) in [4.78, 5) is 12.3. The van der Waals surface area contributed by atoms with Crippen LogP contribution in [0.25, 0.3) is 10.9 Å². The fourth-order valence-electron chi connectivity index (χ4n) is 2.67. The second-order valence-electron chi connectivity index (χ2n) is 5.24. The molecule has 1 amide bonds. The van der Waals surface area contributed by atoms with Gasteiger partial charge in [0.2, 0.25) is 0 Å². The molecule has 0 unspecified atom stereocenters. The fraction of sp³-hybridized carbons (Fsp3) is 0.357. The van der Waals surface area contributed by atoms with Gasteiger partial charge in [0.05, 0.1) is 11.5 Å². The van der Waals surface area contributed by atoms with Crippen LogP contribution in [0.4, 0.5) is 0 Å². The van der Waals surface area contributed by atoms with Gasteiger partial charge in [0, 0.05) is 35.8 Å². The van der Waals surface area contributed by atoms with Crippen molar-refractivity contribution in [2.75, 3.05) is 11.5 Å². The van der Waals surface area contributed by atoms with Crippen molar-refractivity contribution < 1.29 is 13.2 Å². The number of carbonyl (C=O) groups is 1. The van der Waals surface area contributed by atoms with E-state index in [1.807, 2.05) is 36.0 Å². The molecule has 1 aromatic heterocycles. The van der Waals surface area contributed by atoms with E-state index >= 15 is 0 Å². The number of sulfone groups is 1. The molecule has 106 valence electrons. The standard InChI is InChI=1S/C14H16N2O3S/c1-16-7-5-11-12(3-2-4-13(11)16)14(17)15-10-6-8-20(18,19)9-10/h2-5,7,10H,6,8-9H2,1H3,(H,15,17)/t10-/m1/s1. The van der Waals surface area contributed by atoms with Gasteiger partial charge in [-0.3, -0.25) is 4.79 Å². The predicted octanol–water partition coefficient (Wildman–Crippen LogP) is 1.10. The number of hydrogen-bond donors (Lipinski definition) is 1. The lowest BCUT2D eigenvalue weighted by Crippen LogP contribution is -2.35. The maximum absolute atomic E-state index is 12.3. The first kappa shape index (κ1) is 13.2. The van der Waals surface area contributed by atoms with Gasteiger partial charge >= 0.3 is 0 Å². The molecule has 1 saturated heterocycles. The largest absolute Gasteiger partial charge is 0.351 e. The van der Waals surface area contributed by atoms with Crippen molar-refractivity contribution in [2.45, 2.75) is 12.5 Å². The second-order valence-corrected chi connectivity index (χ2v) is 7.47. The Hall–Kier alpha value is -1.82. The normalized spacial score (nSPS) is 21.1. The van der Waals surface area contributed by atoms with Gasteiger partial charge in [0.25, 0.3) is 5.91 Å². The lowest BCUT2D eigenvalue weighted by molar-refractivity contribution is 0.0943. The average molecular weight is 292 g/mol. The summed E-state index contributed by atoms with van der Waals surface area (Å²) in [5.41, 5.74) is 1.57. The Labute approximate surface area is 117 Å². The molecule has 1 N–H and O–H groups in total. The van der Waals surface area contributed by atoms with E-state index in [9.17, 15) is 13.2 Å². The van der Waals surface area contributed by atoms with Gasteiger partial charge in [0.15, 0.2) is 9.84 Å². The molecule has 1 atom stereocenters. The Morgan fingerprint density at radius 1 is 1.35 bits per heavy atom. The van der Waals surface area contributed by atoms with Gasteiger partial charge in [0.1, 0.15) is 0 Å². The first-order valence-corrected chi connectivity index (χ1v) is 8.34. The van der Waals surface area contributed by atoms with Crippen molar-refractivity contribution in [1.29, 1.82) is 0 Å². The highest BCUT2D eigenvalue weighted by Gasteiger charge is 2.29. The third kappa shape index (κ3) is 2.31. The molecule has 0 bridgehead atoms. The number of amides is 1. The van der Waals surface area contributed by atoms with Crippen LogP contribution in [-0.4, -0.2) is 36.4 Å². The van der Waals surface area contributed by atoms with Gasteiger partial charge in [-0.1, -0.05) is 6.07 Å². The van der Waals surface area contributed by atoms with Crippen LogP contribution in [0.2, 0.25) is 0 Å². The number of nitrogens with one attached hydrogen (secondary N) is 1. The minimum absolute atomic E-state index is 0.0451. The van der Waals surface area contributed by atoms with Crippen LogP contribution in [0.15, 0.2) is 30.5 Å². The quantitative estimate of drug-likeness (QED) is 0.901. The SMILES string of the molecule is Cn1ccc2c(C(=O)N[C@@H]3CCS(=O)(=O)C3)cccc21. The number of aryl methyl sites for hydroxylation is 1. The van der Waals surface area contributed by atoms with E-state index in [1.54, 1.807) is 6.07 Å². The zero-order chi connectivity index (χ0) is 14.3. The van der Waals surface area contributed by atoms with E-state index in [-0.39, 0.29) is 23.5 Å². The molecule has 6 heteroatoms. The molecule has 2 aromatic rings. The third-order valence-electron chi connectivity index (χ3n) is 3.74. The molecule has 5 nitrogen and oxygen atoms in total. The summed E-state index contributed by atoms with van der Waals surface area (Å²) >= 11 is 0. The highest BCUT2D eigenvalue weighted by atomic mass is 32.2. The monoisotopic (exact) mass is 292 g/mol. The average Bonchev–Trinajstić information content (AvgIpc) is 2.93. The first-order valence-electron chi connectivity index (χ1n) is 6.52. The Balaban J connectivity index is 1.86. The Morgan fingerprint density at radius 3 is 2.85 bits per heavy atom. The van der Waals surface area contributed by atoms with Crippen LogP contribution >= 0.6 is 0 Å². The van der Waals surface area contributed by atoms with Crippen LogP contribution in [0.5, 0.6) is 0 Å². The van der Waals surface area contributed by atoms with E-state index in [0.717, 1.165) is 10.9 Å². The summed E-state index contributed by atoms with van der Waals surface area (Å²) < 4.78 is 24.8. The number of carbonyl (C=O) groups excluding carboxylic acids is 1. The lowest BCUT2D eigenvalue weighted by Gasteiger charge is -2.11. The number of hydrogen-bond acceptors (Lipinski definition) is 3. The molecule has 1 aromatic carbocycles. The van der Waals surface area contributed by atoms with Gasteiger partial charge in [-0.25, -0.2) is 8.42 Å². The Bertz CT molecular complexity index is 777. The highest BCUT2D eigenvalue weighted by Crippen LogP contribution is 2.20. The van der Waals surface area contributed by atoms with Crippen molar-refractivity contribution in [1.82, 2.24) is 9.88 Å². The molecule has 1 aliphatic rings.